The minimum atomic E-state index is -3.41. The number of unbranched alkanes of at least 4 members (excludes halogenated alkanes) is 2. The molecule has 170 valence electrons. The van der Waals surface area contributed by atoms with Gasteiger partial charge < -0.3 is 20.5 Å². The molecule has 1 amide bonds. The van der Waals surface area contributed by atoms with E-state index in [2.05, 4.69) is 5.32 Å². The molecule has 0 spiro atoms. The van der Waals surface area contributed by atoms with Gasteiger partial charge in [-0.2, -0.15) is 0 Å². The van der Waals surface area contributed by atoms with Gasteiger partial charge in [0.25, 0.3) is 0 Å². The number of sulfone groups is 1. The van der Waals surface area contributed by atoms with Gasteiger partial charge in [0.15, 0.2) is 9.84 Å². The molecule has 0 aliphatic carbocycles. The Morgan fingerprint density at radius 2 is 1.90 bits per heavy atom. The summed E-state index contributed by atoms with van der Waals surface area (Å²) in [5, 5.41) is 2.78. The topological polar surface area (TPSA) is 108 Å². The Balaban J connectivity index is 2.31. The summed E-state index contributed by atoms with van der Waals surface area (Å²) in [7, 11) is -3.41. The number of benzene rings is 1. The van der Waals surface area contributed by atoms with Gasteiger partial charge in [-0.3, -0.25) is 4.79 Å². The molecular formula is C21H33FN2O5S. The Morgan fingerprint density at radius 3 is 2.50 bits per heavy atom. The first kappa shape index (κ1) is 26.1. The third-order valence-electron chi connectivity index (χ3n) is 4.22. The maximum atomic E-state index is 12.5. The first-order valence-electron chi connectivity index (χ1n) is 10.1. The SMILES string of the molecule is CC(C)OCCNC(=O)CCCCCS(=O)(=O)c1ccc(OC/C(=C/F)CN)cc1. The number of rotatable bonds is 15. The fraction of sp³-hybridized carbons (Fsp3) is 0.571. The van der Waals surface area contributed by atoms with Crippen molar-refractivity contribution in [2.24, 2.45) is 5.73 Å². The van der Waals surface area contributed by atoms with Crippen LogP contribution in [0, 0.1) is 0 Å². The van der Waals surface area contributed by atoms with E-state index < -0.39 is 9.84 Å². The molecule has 0 saturated heterocycles. The van der Waals surface area contributed by atoms with Crippen LogP contribution in [-0.4, -0.2) is 52.5 Å². The number of nitrogens with two attached hydrogens (primary N) is 1. The van der Waals surface area contributed by atoms with Gasteiger partial charge in [-0.05, 0) is 51.0 Å². The van der Waals surface area contributed by atoms with E-state index in [0.29, 0.717) is 56.5 Å². The molecule has 0 atom stereocenters. The molecular weight excluding hydrogens is 411 g/mol. The third-order valence-corrected chi connectivity index (χ3v) is 6.03. The first-order valence-corrected chi connectivity index (χ1v) is 11.8. The number of carbonyl (C=O) groups excluding carboxylic acids is 1. The Morgan fingerprint density at radius 1 is 1.20 bits per heavy atom. The van der Waals surface area contributed by atoms with Crippen molar-refractivity contribution in [3.63, 3.8) is 0 Å². The number of halogens is 1. The molecule has 0 bridgehead atoms. The highest BCUT2D eigenvalue weighted by molar-refractivity contribution is 7.91. The van der Waals surface area contributed by atoms with Gasteiger partial charge in [-0.1, -0.05) is 6.42 Å². The number of hydrogen-bond acceptors (Lipinski definition) is 6. The van der Waals surface area contributed by atoms with E-state index in [1.165, 1.54) is 24.3 Å². The largest absolute Gasteiger partial charge is 0.489 e. The van der Waals surface area contributed by atoms with E-state index in [9.17, 15) is 17.6 Å². The fourth-order valence-electron chi connectivity index (χ4n) is 2.50. The second-order valence-electron chi connectivity index (χ2n) is 7.13. The maximum absolute atomic E-state index is 12.5. The molecule has 1 aromatic carbocycles. The van der Waals surface area contributed by atoms with Gasteiger partial charge in [0.05, 0.1) is 29.7 Å². The lowest BCUT2D eigenvalue weighted by molar-refractivity contribution is -0.121. The van der Waals surface area contributed by atoms with E-state index >= 15 is 0 Å². The van der Waals surface area contributed by atoms with Gasteiger partial charge in [-0.15, -0.1) is 0 Å². The first-order chi connectivity index (χ1) is 14.3. The molecule has 0 radical (unpaired) electrons. The number of ether oxygens (including phenoxy) is 2. The molecule has 1 rings (SSSR count). The predicted octanol–water partition coefficient (Wildman–Crippen LogP) is 2.75. The van der Waals surface area contributed by atoms with E-state index in [1.807, 2.05) is 13.8 Å². The zero-order chi connectivity index (χ0) is 22.4. The summed E-state index contributed by atoms with van der Waals surface area (Å²) in [6.45, 7) is 4.88. The molecule has 0 aliphatic heterocycles. The van der Waals surface area contributed by atoms with Crippen molar-refractivity contribution in [3.05, 3.63) is 36.2 Å². The van der Waals surface area contributed by atoms with Crippen LogP contribution >= 0.6 is 0 Å². The summed E-state index contributed by atoms with van der Waals surface area (Å²) in [5.41, 5.74) is 5.66. The molecule has 0 fully saturated rings. The molecule has 30 heavy (non-hydrogen) atoms. The highest BCUT2D eigenvalue weighted by Gasteiger charge is 2.14. The summed E-state index contributed by atoms with van der Waals surface area (Å²) in [6, 6.07) is 6.01. The average Bonchev–Trinajstić information content (AvgIpc) is 2.72. The van der Waals surface area contributed by atoms with Crippen molar-refractivity contribution in [2.45, 2.75) is 50.5 Å². The fourth-order valence-corrected chi connectivity index (χ4v) is 3.87. The standard InChI is InChI=1S/C21H33FN2O5S/c1-17(2)28-12-11-24-21(25)6-4-3-5-13-30(26,27)20-9-7-19(8-10-20)29-16-18(14-22)15-23/h7-10,14,17H,3-6,11-13,15-16,23H2,1-2H3,(H,24,25)/b18-14+. The minimum absolute atomic E-state index is 0.0113. The van der Waals surface area contributed by atoms with E-state index in [0.717, 1.165) is 0 Å². The van der Waals surface area contributed by atoms with Crippen molar-refractivity contribution in [3.8, 4) is 5.75 Å². The summed E-state index contributed by atoms with van der Waals surface area (Å²) in [6.07, 6.45) is 2.66. The van der Waals surface area contributed by atoms with Crippen LogP contribution in [0.5, 0.6) is 5.75 Å². The van der Waals surface area contributed by atoms with Crippen LogP contribution in [0.25, 0.3) is 0 Å². The summed E-state index contributed by atoms with van der Waals surface area (Å²) >= 11 is 0. The second kappa shape index (κ2) is 14.1. The molecule has 7 nitrogen and oxygen atoms in total. The van der Waals surface area contributed by atoms with Crippen molar-refractivity contribution >= 4 is 15.7 Å². The summed E-state index contributed by atoms with van der Waals surface area (Å²) < 4.78 is 48.0. The zero-order valence-corrected chi connectivity index (χ0v) is 18.5. The highest BCUT2D eigenvalue weighted by atomic mass is 32.2. The lowest BCUT2D eigenvalue weighted by atomic mass is 10.2. The van der Waals surface area contributed by atoms with Gasteiger partial charge in [-0.25, -0.2) is 12.8 Å². The van der Waals surface area contributed by atoms with E-state index in [4.69, 9.17) is 15.2 Å². The van der Waals surface area contributed by atoms with E-state index in [-0.39, 0.29) is 35.8 Å². The Hall–Kier alpha value is -1.97. The normalized spacial score (nSPS) is 12.2. The lowest BCUT2D eigenvalue weighted by Gasteiger charge is -2.09. The Kier molecular flexibility index (Phi) is 12.3. The molecule has 0 aromatic heterocycles. The minimum Gasteiger partial charge on any atom is -0.489 e. The number of nitrogens with one attached hydrogen (secondary N) is 1. The highest BCUT2D eigenvalue weighted by Crippen LogP contribution is 2.19. The molecule has 9 heteroatoms. The Bertz CT molecular complexity index is 764. The van der Waals surface area contributed by atoms with Gasteiger partial charge in [0, 0.05) is 25.1 Å². The molecule has 0 saturated carbocycles. The van der Waals surface area contributed by atoms with Gasteiger partial charge >= 0.3 is 0 Å². The molecule has 3 N–H and O–H groups in total. The molecule has 0 aliphatic rings. The van der Waals surface area contributed by atoms with Crippen LogP contribution < -0.4 is 15.8 Å². The lowest BCUT2D eigenvalue weighted by Crippen LogP contribution is -2.27. The molecule has 0 unspecified atom stereocenters. The van der Waals surface area contributed by atoms with Crippen molar-refractivity contribution < 1.29 is 27.1 Å². The summed E-state index contributed by atoms with van der Waals surface area (Å²) in [5.74, 6) is 0.395. The maximum Gasteiger partial charge on any atom is 0.220 e. The smallest absolute Gasteiger partial charge is 0.220 e. The van der Waals surface area contributed by atoms with Crippen molar-refractivity contribution in [2.75, 3.05) is 32.1 Å². The molecule has 0 heterocycles. The van der Waals surface area contributed by atoms with Crippen molar-refractivity contribution in [1.82, 2.24) is 5.32 Å². The van der Waals surface area contributed by atoms with Gasteiger partial charge in [0.1, 0.15) is 12.4 Å². The molecule has 1 aromatic rings. The van der Waals surface area contributed by atoms with E-state index in [1.54, 1.807) is 0 Å². The van der Waals surface area contributed by atoms with Crippen LogP contribution in [0.2, 0.25) is 0 Å². The summed E-state index contributed by atoms with van der Waals surface area (Å²) in [4.78, 5) is 11.9. The Labute approximate surface area is 178 Å². The number of amides is 1. The van der Waals surface area contributed by atoms with Crippen LogP contribution in [0.1, 0.15) is 39.5 Å². The van der Waals surface area contributed by atoms with Crippen LogP contribution in [0.4, 0.5) is 4.39 Å². The number of hydrogen-bond donors (Lipinski definition) is 2. The third kappa shape index (κ3) is 10.7. The quantitative estimate of drug-likeness (QED) is 0.403. The van der Waals surface area contributed by atoms with Crippen LogP contribution in [0.3, 0.4) is 0 Å². The number of carbonyl (C=O) groups is 1. The van der Waals surface area contributed by atoms with Gasteiger partial charge in [0.2, 0.25) is 5.91 Å². The van der Waals surface area contributed by atoms with Crippen LogP contribution in [-0.2, 0) is 19.4 Å². The second-order valence-corrected chi connectivity index (χ2v) is 9.24. The monoisotopic (exact) mass is 444 g/mol. The zero-order valence-electron chi connectivity index (χ0n) is 17.7. The predicted molar refractivity (Wildman–Crippen MR) is 115 cm³/mol. The van der Waals surface area contributed by atoms with Crippen LogP contribution in [0.15, 0.2) is 41.1 Å². The van der Waals surface area contributed by atoms with Crippen molar-refractivity contribution in [1.29, 1.82) is 0 Å². The average molecular weight is 445 g/mol.